The van der Waals surface area contributed by atoms with Gasteiger partial charge in [-0.05, 0) is 34.1 Å². The van der Waals surface area contributed by atoms with Crippen molar-refractivity contribution in [1.82, 2.24) is 14.8 Å². The highest BCUT2D eigenvalue weighted by atomic mass is 79.9. The molecule has 5 nitrogen and oxygen atoms in total. The van der Waals surface area contributed by atoms with Crippen LogP contribution in [-0.4, -0.2) is 27.8 Å². The SMILES string of the molecule is COC(=O)c1ccc(-n2cnnc2)c(Br)c1. The number of rotatable bonds is 2. The predicted molar refractivity (Wildman–Crippen MR) is 60.4 cm³/mol. The van der Waals surface area contributed by atoms with E-state index in [0.717, 1.165) is 10.2 Å². The lowest BCUT2D eigenvalue weighted by atomic mass is 10.2. The van der Waals surface area contributed by atoms with Crippen LogP contribution in [0.1, 0.15) is 10.4 Å². The van der Waals surface area contributed by atoms with Gasteiger partial charge in [0.25, 0.3) is 0 Å². The molecule has 2 rings (SSSR count). The fourth-order valence-corrected chi connectivity index (χ4v) is 1.87. The molecule has 0 aliphatic carbocycles. The standard InChI is InChI=1S/C10H8BrN3O2/c1-16-10(15)7-2-3-9(8(11)4-7)14-5-12-13-6-14/h2-6H,1H3. The molecule has 16 heavy (non-hydrogen) atoms. The highest BCUT2D eigenvalue weighted by molar-refractivity contribution is 9.10. The number of hydrogen-bond donors (Lipinski definition) is 0. The highest BCUT2D eigenvalue weighted by Crippen LogP contribution is 2.22. The number of methoxy groups -OCH3 is 1. The zero-order chi connectivity index (χ0) is 11.5. The summed E-state index contributed by atoms with van der Waals surface area (Å²) in [4.78, 5) is 11.3. The van der Waals surface area contributed by atoms with Gasteiger partial charge in [-0.25, -0.2) is 4.79 Å². The summed E-state index contributed by atoms with van der Waals surface area (Å²) in [5.74, 6) is -0.365. The lowest BCUT2D eigenvalue weighted by molar-refractivity contribution is 0.0600. The van der Waals surface area contributed by atoms with E-state index in [1.54, 1.807) is 35.4 Å². The van der Waals surface area contributed by atoms with Gasteiger partial charge in [-0.1, -0.05) is 0 Å². The van der Waals surface area contributed by atoms with Crippen molar-refractivity contribution in [2.24, 2.45) is 0 Å². The van der Waals surface area contributed by atoms with Gasteiger partial charge in [0, 0.05) is 4.47 Å². The highest BCUT2D eigenvalue weighted by Gasteiger charge is 2.09. The summed E-state index contributed by atoms with van der Waals surface area (Å²) in [6.45, 7) is 0. The molecule has 0 saturated carbocycles. The maximum Gasteiger partial charge on any atom is 0.337 e. The maximum atomic E-state index is 11.3. The fraction of sp³-hybridized carbons (Fsp3) is 0.100. The molecule has 1 heterocycles. The van der Waals surface area contributed by atoms with Gasteiger partial charge in [-0.3, -0.25) is 4.57 Å². The normalized spacial score (nSPS) is 10.1. The first-order valence-electron chi connectivity index (χ1n) is 4.45. The van der Waals surface area contributed by atoms with E-state index in [0.29, 0.717) is 5.56 Å². The Hall–Kier alpha value is -1.69. The number of carbonyl (C=O) groups is 1. The van der Waals surface area contributed by atoms with Crippen LogP contribution in [0.15, 0.2) is 35.3 Å². The molecule has 0 aliphatic heterocycles. The second kappa shape index (κ2) is 4.44. The van der Waals surface area contributed by atoms with Crippen molar-refractivity contribution in [1.29, 1.82) is 0 Å². The Kier molecular flexibility index (Phi) is 3.00. The summed E-state index contributed by atoms with van der Waals surface area (Å²) in [7, 11) is 1.35. The summed E-state index contributed by atoms with van der Waals surface area (Å²) in [5.41, 5.74) is 1.35. The third kappa shape index (κ3) is 1.96. The summed E-state index contributed by atoms with van der Waals surface area (Å²) < 4.78 is 7.15. The van der Waals surface area contributed by atoms with Crippen LogP contribution in [-0.2, 0) is 4.74 Å². The Morgan fingerprint density at radius 3 is 2.62 bits per heavy atom. The Bertz CT molecular complexity index is 511. The molecular formula is C10H8BrN3O2. The minimum atomic E-state index is -0.365. The smallest absolute Gasteiger partial charge is 0.337 e. The maximum absolute atomic E-state index is 11.3. The molecule has 0 unspecified atom stereocenters. The van der Waals surface area contributed by atoms with Crippen LogP contribution in [0.25, 0.3) is 5.69 Å². The van der Waals surface area contributed by atoms with Crippen molar-refractivity contribution >= 4 is 21.9 Å². The number of nitrogens with zero attached hydrogens (tertiary/aromatic N) is 3. The van der Waals surface area contributed by atoms with Crippen LogP contribution in [0.3, 0.4) is 0 Å². The Morgan fingerprint density at radius 1 is 1.38 bits per heavy atom. The largest absolute Gasteiger partial charge is 0.465 e. The van der Waals surface area contributed by atoms with Gasteiger partial charge in [0.2, 0.25) is 0 Å². The summed E-state index contributed by atoms with van der Waals surface area (Å²) >= 11 is 3.38. The predicted octanol–water partition coefficient (Wildman–Crippen LogP) is 1.82. The lowest BCUT2D eigenvalue weighted by Gasteiger charge is -2.06. The Morgan fingerprint density at radius 2 is 2.06 bits per heavy atom. The molecule has 0 saturated heterocycles. The molecule has 1 aromatic heterocycles. The van der Waals surface area contributed by atoms with E-state index in [2.05, 4.69) is 30.9 Å². The van der Waals surface area contributed by atoms with Crippen LogP contribution >= 0.6 is 15.9 Å². The Balaban J connectivity index is 2.41. The van der Waals surface area contributed by atoms with Gasteiger partial charge in [-0.2, -0.15) is 0 Å². The lowest BCUT2D eigenvalue weighted by Crippen LogP contribution is -2.02. The molecule has 0 atom stereocenters. The minimum Gasteiger partial charge on any atom is -0.465 e. The summed E-state index contributed by atoms with van der Waals surface area (Å²) in [5, 5.41) is 7.43. The molecule has 2 aromatic rings. The average Bonchev–Trinajstić information content (AvgIpc) is 2.81. The van der Waals surface area contributed by atoms with Gasteiger partial charge in [0.15, 0.2) is 0 Å². The van der Waals surface area contributed by atoms with Crippen molar-refractivity contribution in [2.45, 2.75) is 0 Å². The van der Waals surface area contributed by atoms with Crippen LogP contribution in [0, 0.1) is 0 Å². The van der Waals surface area contributed by atoms with Crippen molar-refractivity contribution in [3.8, 4) is 5.69 Å². The molecule has 1 aromatic carbocycles. The van der Waals surface area contributed by atoms with Gasteiger partial charge in [0.1, 0.15) is 12.7 Å². The van der Waals surface area contributed by atoms with E-state index in [4.69, 9.17) is 0 Å². The number of esters is 1. The van der Waals surface area contributed by atoms with Crippen LogP contribution in [0.2, 0.25) is 0 Å². The van der Waals surface area contributed by atoms with E-state index in [9.17, 15) is 4.79 Å². The van der Waals surface area contributed by atoms with Crippen molar-refractivity contribution < 1.29 is 9.53 Å². The number of hydrogen-bond acceptors (Lipinski definition) is 4. The number of benzene rings is 1. The fourth-order valence-electron chi connectivity index (χ4n) is 1.29. The van der Waals surface area contributed by atoms with Gasteiger partial charge in [0.05, 0.1) is 18.4 Å². The zero-order valence-corrected chi connectivity index (χ0v) is 10.0. The van der Waals surface area contributed by atoms with Crippen LogP contribution in [0.5, 0.6) is 0 Å². The number of aromatic nitrogens is 3. The van der Waals surface area contributed by atoms with Crippen LogP contribution in [0.4, 0.5) is 0 Å². The first kappa shape index (κ1) is 10.8. The van der Waals surface area contributed by atoms with E-state index in [1.807, 2.05) is 0 Å². The molecule has 0 fully saturated rings. The van der Waals surface area contributed by atoms with E-state index >= 15 is 0 Å². The van der Waals surface area contributed by atoms with Gasteiger partial charge in [-0.15, -0.1) is 10.2 Å². The first-order chi connectivity index (χ1) is 7.72. The molecule has 82 valence electrons. The summed E-state index contributed by atoms with van der Waals surface area (Å²) in [6.07, 6.45) is 3.16. The van der Waals surface area contributed by atoms with Crippen molar-refractivity contribution in [2.75, 3.05) is 7.11 Å². The second-order valence-electron chi connectivity index (χ2n) is 3.03. The average molecular weight is 282 g/mol. The molecule has 0 N–H and O–H groups in total. The second-order valence-corrected chi connectivity index (χ2v) is 3.88. The molecule has 0 amide bonds. The molecule has 6 heteroatoms. The Labute approximate surface area is 100 Å². The van der Waals surface area contributed by atoms with E-state index in [1.165, 1.54) is 7.11 Å². The molecular weight excluding hydrogens is 274 g/mol. The molecule has 0 radical (unpaired) electrons. The van der Waals surface area contributed by atoms with Crippen LogP contribution < -0.4 is 0 Å². The molecule has 0 aliphatic rings. The zero-order valence-electron chi connectivity index (χ0n) is 8.42. The number of halogens is 1. The topological polar surface area (TPSA) is 57.0 Å². The molecule has 0 spiro atoms. The third-order valence-electron chi connectivity index (χ3n) is 2.07. The third-order valence-corrected chi connectivity index (χ3v) is 2.70. The monoisotopic (exact) mass is 281 g/mol. The summed E-state index contributed by atoms with van der Waals surface area (Å²) in [6, 6.07) is 5.17. The minimum absolute atomic E-state index is 0.365. The van der Waals surface area contributed by atoms with E-state index < -0.39 is 0 Å². The number of carbonyl (C=O) groups excluding carboxylic acids is 1. The van der Waals surface area contributed by atoms with Crippen molar-refractivity contribution in [3.63, 3.8) is 0 Å². The van der Waals surface area contributed by atoms with Gasteiger partial charge >= 0.3 is 5.97 Å². The van der Waals surface area contributed by atoms with E-state index in [-0.39, 0.29) is 5.97 Å². The number of ether oxygens (including phenoxy) is 1. The van der Waals surface area contributed by atoms with Crippen molar-refractivity contribution in [3.05, 3.63) is 40.9 Å². The first-order valence-corrected chi connectivity index (χ1v) is 5.24. The van der Waals surface area contributed by atoms with Gasteiger partial charge < -0.3 is 4.74 Å². The molecule has 0 bridgehead atoms. The quantitative estimate of drug-likeness (QED) is 0.788.